The van der Waals surface area contributed by atoms with E-state index in [9.17, 15) is 73.9 Å². The van der Waals surface area contributed by atoms with Gasteiger partial charge in [-0.1, -0.05) is 109 Å². The predicted molar refractivity (Wildman–Crippen MR) is 512 cm³/mol. The van der Waals surface area contributed by atoms with Gasteiger partial charge in [0, 0.05) is 106 Å². The number of carbonyl (C=O) groups excluding carboxylic acids is 10. The Hall–Kier alpha value is -2.23. The van der Waals surface area contributed by atoms with Gasteiger partial charge in [0.15, 0.2) is 5.12 Å². The SMILES string of the molecule is CC(C)(C)OCCS.CC(C)CC(C)OCCOC(=O)CCCC(=O)ON1C(=O)CC(S(=O)(=O)[O-])C1=O.CC(CN(C)CCN(C)C)OCCOC(=O)CCCC(=O)ON1C(=O)CC(S(=O)(=O)[O-])C1=O.CC(CN(CCN(C)C(C)(C)C)C(C)(C)C)OCCOC(=O)CCCC(=O)SCCOCC(CC(C)(C)C)(CC(C)(C)C)CC(C)(C)C.CCC(CC)(CC)COCCS.[Na+].[Na+]. The molecular formula is C92H174N6Na2O27S5. The van der Waals surface area contributed by atoms with Gasteiger partial charge in [-0.05, 0) is 208 Å². The Morgan fingerprint density at radius 1 is 0.462 bits per heavy atom. The first-order valence-corrected chi connectivity index (χ1v) is 51.1. The standard InChI is InChI=1S/C40H80N2O5S.C19H33N3O10S.C17H27NO10S.C10H22OS.C6H14OS.2Na/c1-32(27-42(39(14,15)16)22-21-41(17)38(11,12)13)46-23-24-47-33(43)19-18-20-34(44)48-26-25-45-31-40(28-35(2,3)4,29-36(5,6)7)30-37(8,9)10;1-14(13-21(4)9-8-20(2)3)30-10-11-31-17(24)6-5-7-18(25)32-22-16(23)12-15(19(22)26)33(27,28)29;1-11(2)9-12(3)26-7-8-27-15(20)5-4-6-16(21)28-18-14(19)10-13(17(18)22)29(23,24)25;1-4-10(5-2,6-3)9-11-7-8-12;1-6(2,3)7-4-5-8;;/h32H,18-31H2,1-17H3;14-15H,5-13H2,1-4H3,(H,27,28,29);11-13H,4-10H2,1-3H3,(H,23,24,25);12H,4-9H2,1-3H3;8H,4-5H2,1-3H3;;/q;;;;;2*+1/p-2. The van der Waals surface area contributed by atoms with Gasteiger partial charge in [-0.25, -0.2) is 26.4 Å². The third-order valence-electron chi connectivity index (χ3n) is 20.5. The van der Waals surface area contributed by atoms with Gasteiger partial charge >= 0.3 is 89.0 Å². The zero-order valence-electron chi connectivity index (χ0n) is 87.2. The number of amides is 4. The molecule has 132 heavy (non-hydrogen) atoms. The largest absolute Gasteiger partial charge is 1.00 e. The Balaban J connectivity index is -0.000000560. The number of nitrogens with zero attached hydrogens (tertiary/aromatic N) is 6. The van der Waals surface area contributed by atoms with E-state index in [0.717, 1.165) is 96.3 Å². The van der Waals surface area contributed by atoms with Crippen LogP contribution in [0.5, 0.6) is 0 Å². The predicted octanol–water partition coefficient (Wildman–Crippen LogP) is 7.41. The first kappa shape index (κ1) is 138. The second-order valence-electron chi connectivity index (χ2n) is 41.0. The summed E-state index contributed by atoms with van der Waals surface area (Å²) in [6.07, 6.45) is 6.42. The van der Waals surface area contributed by atoms with E-state index in [4.69, 9.17) is 42.6 Å². The molecule has 5 atom stereocenters. The number of esters is 3. The maximum absolute atomic E-state index is 12.5. The summed E-state index contributed by atoms with van der Waals surface area (Å²) in [5.74, 6) is -5.68. The van der Waals surface area contributed by atoms with E-state index < -0.39 is 91.1 Å². The fourth-order valence-electron chi connectivity index (χ4n) is 14.1. The van der Waals surface area contributed by atoms with Crippen LogP contribution in [-0.2, 0) is 120 Å². The van der Waals surface area contributed by atoms with Crippen molar-refractivity contribution >= 4 is 116 Å². The van der Waals surface area contributed by atoms with E-state index in [-0.39, 0.29) is 215 Å². The maximum atomic E-state index is 12.5. The summed E-state index contributed by atoms with van der Waals surface area (Å²) in [5, 5.41) is -4.13. The summed E-state index contributed by atoms with van der Waals surface area (Å²) in [5.41, 5.74) is 1.28. The molecule has 2 aliphatic rings. The van der Waals surface area contributed by atoms with E-state index >= 15 is 0 Å². The second kappa shape index (κ2) is 69.6. The molecule has 0 N–H and O–H groups in total. The number of rotatable bonds is 57. The summed E-state index contributed by atoms with van der Waals surface area (Å²) in [4.78, 5) is 136. The van der Waals surface area contributed by atoms with Crippen molar-refractivity contribution < 1.29 is 185 Å². The Morgan fingerprint density at radius 3 is 1.15 bits per heavy atom. The summed E-state index contributed by atoms with van der Waals surface area (Å²) >= 11 is 9.43. The molecule has 0 radical (unpaired) electrons. The maximum Gasteiger partial charge on any atom is 1.00 e. The van der Waals surface area contributed by atoms with Crippen LogP contribution < -0.4 is 59.1 Å². The molecule has 4 amide bonds. The van der Waals surface area contributed by atoms with E-state index in [1.54, 1.807) is 0 Å². The van der Waals surface area contributed by atoms with Crippen molar-refractivity contribution in [3.05, 3.63) is 0 Å². The first-order chi connectivity index (χ1) is 59.6. The zero-order chi connectivity index (χ0) is 101. The number of hydrogen-bond donors (Lipinski definition) is 2. The van der Waals surface area contributed by atoms with Crippen LogP contribution in [0.2, 0.25) is 0 Å². The van der Waals surface area contributed by atoms with Gasteiger partial charge in [0.25, 0.3) is 23.6 Å². The molecule has 2 rings (SSSR count). The van der Waals surface area contributed by atoms with E-state index in [0.29, 0.717) is 49.7 Å². The van der Waals surface area contributed by atoms with E-state index in [1.165, 1.54) is 31.0 Å². The average Bonchev–Trinajstić information content (AvgIpc) is 1.77. The van der Waals surface area contributed by atoms with Gasteiger partial charge in [-0.2, -0.15) is 25.3 Å². The van der Waals surface area contributed by atoms with Crippen LogP contribution in [-0.4, -0.2) is 317 Å². The number of thioether (sulfide) groups is 1. The van der Waals surface area contributed by atoms with Crippen molar-refractivity contribution in [3.63, 3.8) is 0 Å². The number of imide groups is 2. The number of hydrogen-bond acceptors (Lipinski definition) is 34. The third-order valence-corrected chi connectivity index (χ3v) is 23.8. The molecule has 5 unspecified atom stereocenters. The molecule has 2 saturated heterocycles. The molecule has 40 heteroatoms. The molecular weight excluding hydrogens is 1830 g/mol. The normalized spacial score (nSPS) is 15.5. The molecule has 0 aromatic rings. The van der Waals surface area contributed by atoms with Crippen LogP contribution in [0, 0.1) is 33.0 Å². The summed E-state index contributed by atoms with van der Waals surface area (Å²) in [7, 11) is -1.91. The first-order valence-electron chi connectivity index (χ1n) is 45.9. The van der Waals surface area contributed by atoms with Gasteiger partial charge in [-0.15, -0.1) is 10.1 Å². The van der Waals surface area contributed by atoms with Gasteiger partial charge in [0.1, 0.15) is 50.6 Å². The fraction of sp³-hybridized carbons (Fsp3) is 0.891. The molecule has 766 valence electrons. The van der Waals surface area contributed by atoms with Crippen molar-refractivity contribution in [1.82, 2.24) is 29.7 Å². The third kappa shape index (κ3) is 71.2. The number of carbonyl (C=O) groups is 10. The number of thiol groups is 2. The Morgan fingerprint density at radius 2 is 0.826 bits per heavy atom. The summed E-state index contributed by atoms with van der Waals surface area (Å²) < 4.78 is 115. The van der Waals surface area contributed by atoms with Crippen molar-refractivity contribution in [2.24, 2.45) is 33.0 Å². The Bertz CT molecular complexity index is 3460. The molecule has 0 saturated carbocycles. The monoisotopic (exact) mass is 2000 g/mol. The van der Waals surface area contributed by atoms with Crippen molar-refractivity contribution in [3.8, 4) is 0 Å². The topological polar surface area (TPSA) is 406 Å². The van der Waals surface area contributed by atoms with Gasteiger partial charge in [0.2, 0.25) is 0 Å². The molecule has 0 aliphatic carbocycles. The summed E-state index contributed by atoms with van der Waals surface area (Å²) in [6, 6.07) is 0. The molecule has 0 aromatic carbocycles. The van der Waals surface area contributed by atoms with Crippen LogP contribution >= 0.6 is 37.0 Å². The molecule has 0 bridgehead atoms. The molecule has 0 spiro atoms. The Kier molecular flexibility index (Phi) is 72.9. The molecule has 2 fully saturated rings. The van der Waals surface area contributed by atoms with Crippen LogP contribution in [0.15, 0.2) is 0 Å². The molecule has 2 heterocycles. The molecule has 0 aromatic heterocycles. The number of hydroxylamine groups is 4. The average molecular weight is 2000 g/mol. The minimum Gasteiger partial charge on any atom is -0.747 e. The Labute approximate surface area is 855 Å². The fourth-order valence-corrected chi connectivity index (χ4v) is 16.4. The minimum atomic E-state index is -5.04. The zero-order valence-corrected chi connectivity index (χ0v) is 95.4. The van der Waals surface area contributed by atoms with Crippen LogP contribution in [0.3, 0.4) is 0 Å². The van der Waals surface area contributed by atoms with Crippen LogP contribution in [0.25, 0.3) is 0 Å². The van der Waals surface area contributed by atoms with Crippen molar-refractivity contribution in [2.45, 2.75) is 341 Å². The van der Waals surface area contributed by atoms with Gasteiger partial charge in [0.05, 0.1) is 89.6 Å². The second-order valence-corrected chi connectivity index (χ2v) is 46.2. The summed E-state index contributed by atoms with van der Waals surface area (Å²) in [6.45, 7) is 67.4. The van der Waals surface area contributed by atoms with Crippen molar-refractivity contribution in [1.29, 1.82) is 0 Å². The van der Waals surface area contributed by atoms with E-state index in [1.807, 2.05) is 55.8 Å². The quantitative estimate of drug-likeness (QED) is 0.0114. The number of ether oxygens (including phenoxy) is 9. The van der Waals surface area contributed by atoms with Crippen LogP contribution in [0.1, 0.15) is 296 Å². The van der Waals surface area contributed by atoms with Crippen molar-refractivity contribution in [2.75, 3.05) is 157 Å². The minimum absolute atomic E-state index is 0. The van der Waals surface area contributed by atoms with Gasteiger partial charge < -0.3 is 76.1 Å². The number of likely N-dealkylation sites (N-methyl/N-ethyl adjacent to an activating group) is 3. The smallest absolute Gasteiger partial charge is 0.747 e. The van der Waals surface area contributed by atoms with E-state index in [2.05, 4.69) is 207 Å². The van der Waals surface area contributed by atoms with Crippen LogP contribution in [0.4, 0.5) is 0 Å². The molecule has 2 aliphatic heterocycles. The van der Waals surface area contributed by atoms with Gasteiger partial charge in [-0.3, -0.25) is 43.3 Å². The molecule has 33 nitrogen and oxygen atoms in total.